The molecule has 1 aromatic heterocycles. The van der Waals surface area contributed by atoms with Crippen molar-refractivity contribution in [3.8, 4) is 0 Å². The van der Waals surface area contributed by atoms with E-state index in [0.29, 0.717) is 18.4 Å². The Labute approximate surface area is 121 Å². The number of nitrogen functional groups attached to an aromatic ring is 1. The van der Waals surface area contributed by atoms with Crippen LogP contribution in [0.4, 0.5) is 11.6 Å². The summed E-state index contributed by atoms with van der Waals surface area (Å²) in [5.74, 6) is 2.11. The zero-order chi connectivity index (χ0) is 14.8. The number of aromatic nitrogens is 2. The molecule has 20 heavy (non-hydrogen) atoms. The van der Waals surface area contributed by atoms with Crippen LogP contribution in [0.1, 0.15) is 52.3 Å². The van der Waals surface area contributed by atoms with Crippen LogP contribution in [-0.2, 0) is 5.41 Å². The lowest BCUT2D eigenvalue weighted by atomic mass is 9.95. The summed E-state index contributed by atoms with van der Waals surface area (Å²) >= 11 is 0. The van der Waals surface area contributed by atoms with Crippen molar-refractivity contribution in [1.82, 2.24) is 9.97 Å². The molecule has 0 saturated heterocycles. The van der Waals surface area contributed by atoms with Crippen LogP contribution in [0.2, 0.25) is 0 Å². The molecule has 1 heterocycles. The lowest BCUT2D eigenvalue weighted by molar-refractivity contribution is 0.296. The predicted octanol–water partition coefficient (Wildman–Crippen LogP) is 2.10. The van der Waals surface area contributed by atoms with Crippen molar-refractivity contribution in [3.63, 3.8) is 0 Å². The monoisotopic (exact) mass is 278 g/mol. The Hall–Kier alpha value is -1.36. The van der Waals surface area contributed by atoms with Crippen molar-refractivity contribution in [2.24, 2.45) is 0 Å². The van der Waals surface area contributed by atoms with E-state index in [1.807, 2.05) is 6.07 Å². The lowest BCUT2D eigenvalue weighted by Crippen LogP contribution is -2.37. The van der Waals surface area contributed by atoms with Crippen molar-refractivity contribution in [2.75, 3.05) is 23.8 Å². The van der Waals surface area contributed by atoms with Crippen LogP contribution in [0, 0.1) is 0 Å². The number of nitrogens with zero attached hydrogens (tertiary/aromatic N) is 3. The molecular weight excluding hydrogens is 252 g/mol. The van der Waals surface area contributed by atoms with Gasteiger partial charge in [-0.1, -0.05) is 33.6 Å². The summed E-state index contributed by atoms with van der Waals surface area (Å²) in [5, 5.41) is 9.34. The molecule has 5 heteroatoms. The highest BCUT2D eigenvalue weighted by Crippen LogP contribution is 2.29. The first-order valence-electron chi connectivity index (χ1n) is 7.44. The molecule has 0 radical (unpaired) electrons. The van der Waals surface area contributed by atoms with Gasteiger partial charge in [0.25, 0.3) is 0 Å². The minimum Gasteiger partial charge on any atom is -0.395 e. The van der Waals surface area contributed by atoms with Gasteiger partial charge in [0.05, 0.1) is 6.61 Å². The van der Waals surface area contributed by atoms with E-state index in [0.717, 1.165) is 24.5 Å². The Morgan fingerprint density at radius 2 is 1.95 bits per heavy atom. The van der Waals surface area contributed by atoms with Gasteiger partial charge in [-0.3, -0.25) is 0 Å². The zero-order valence-electron chi connectivity index (χ0n) is 12.8. The highest BCUT2D eigenvalue weighted by molar-refractivity contribution is 5.48. The second-order valence-corrected chi connectivity index (χ2v) is 6.58. The van der Waals surface area contributed by atoms with Gasteiger partial charge in [0.2, 0.25) is 0 Å². The molecule has 2 rings (SSSR count). The fourth-order valence-corrected chi connectivity index (χ4v) is 2.74. The Kier molecular flexibility index (Phi) is 4.48. The van der Waals surface area contributed by atoms with Crippen molar-refractivity contribution in [3.05, 3.63) is 11.9 Å². The fraction of sp³-hybridized carbons (Fsp3) is 0.733. The van der Waals surface area contributed by atoms with E-state index >= 15 is 0 Å². The normalized spacial score (nSPS) is 16.6. The summed E-state index contributed by atoms with van der Waals surface area (Å²) in [5.41, 5.74) is 5.81. The molecule has 1 aliphatic carbocycles. The van der Waals surface area contributed by atoms with Gasteiger partial charge in [0, 0.05) is 24.1 Å². The second kappa shape index (κ2) is 5.95. The molecule has 1 saturated carbocycles. The SMILES string of the molecule is CC(C)(C)c1nc(N)cc(N(CCO)C2CCCC2)n1. The van der Waals surface area contributed by atoms with Crippen molar-refractivity contribution >= 4 is 11.6 Å². The van der Waals surface area contributed by atoms with E-state index in [4.69, 9.17) is 10.7 Å². The molecule has 0 aliphatic heterocycles. The van der Waals surface area contributed by atoms with Crippen molar-refractivity contribution in [2.45, 2.75) is 57.9 Å². The average Bonchev–Trinajstić information content (AvgIpc) is 2.87. The molecule has 0 atom stereocenters. The van der Waals surface area contributed by atoms with E-state index in [-0.39, 0.29) is 12.0 Å². The number of rotatable bonds is 4. The minimum absolute atomic E-state index is 0.130. The third-order valence-electron chi connectivity index (χ3n) is 3.80. The van der Waals surface area contributed by atoms with Crippen LogP contribution in [0.5, 0.6) is 0 Å². The summed E-state index contributed by atoms with van der Waals surface area (Å²) in [6.07, 6.45) is 4.82. The van der Waals surface area contributed by atoms with E-state index in [1.54, 1.807) is 0 Å². The van der Waals surface area contributed by atoms with Crippen molar-refractivity contribution < 1.29 is 5.11 Å². The molecule has 1 aromatic rings. The number of hydrogen-bond donors (Lipinski definition) is 2. The quantitative estimate of drug-likeness (QED) is 0.882. The number of aliphatic hydroxyl groups excluding tert-OH is 1. The number of aliphatic hydroxyl groups is 1. The van der Waals surface area contributed by atoms with Crippen molar-refractivity contribution in [1.29, 1.82) is 0 Å². The van der Waals surface area contributed by atoms with Gasteiger partial charge in [-0.15, -0.1) is 0 Å². The van der Waals surface area contributed by atoms with Crippen LogP contribution >= 0.6 is 0 Å². The van der Waals surface area contributed by atoms with E-state index in [9.17, 15) is 5.11 Å². The molecule has 0 amide bonds. The largest absolute Gasteiger partial charge is 0.395 e. The first kappa shape index (κ1) is 15.0. The molecule has 0 unspecified atom stereocenters. The summed E-state index contributed by atoms with van der Waals surface area (Å²) in [7, 11) is 0. The van der Waals surface area contributed by atoms with Gasteiger partial charge >= 0.3 is 0 Å². The molecule has 112 valence electrons. The average molecular weight is 278 g/mol. The standard InChI is InChI=1S/C15H26N4O/c1-15(2,3)14-17-12(16)10-13(18-14)19(8-9-20)11-6-4-5-7-11/h10-11,20H,4-9H2,1-3H3,(H2,16,17,18). The lowest BCUT2D eigenvalue weighted by Gasteiger charge is -2.30. The van der Waals surface area contributed by atoms with E-state index in [2.05, 4.69) is 30.7 Å². The first-order chi connectivity index (χ1) is 9.41. The molecule has 3 N–H and O–H groups in total. The highest BCUT2D eigenvalue weighted by atomic mass is 16.3. The van der Waals surface area contributed by atoms with Crippen LogP contribution in [0.15, 0.2) is 6.07 Å². The molecular formula is C15H26N4O. The van der Waals surface area contributed by atoms with Gasteiger partial charge in [-0.2, -0.15) is 0 Å². The Bertz CT molecular complexity index is 450. The Balaban J connectivity index is 2.34. The fourth-order valence-electron chi connectivity index (χ4n) is 2.74. The van der Waals surface area contributed by atoms with Crippen LogP contribution in [0.25, 0.3) is 0 Å². The van der Waals surface area contributed by atoms with E-state index < -0.39 is 0 Å². The maximum atomic E-state index is 9.34. The van der Waals surface area contributed by atoms with Gasteiger partial charge in [-0.25, -0.2) is 9.97 Å². The number of anilines is 2. The summed E-state index contributed by atoms with van der Waals surface area (Å²) in [6, 6.07) is 2.28. The number of hydrogen-bond acceptors (Lipinski definition) is 5. The van der Waals surface area contributed by atoms with Gasteiger partial charge in [-0.05, 0) is 12.8 Å². The Morgan fingerprint density at radius 1 is 1.30 bits per heavy atom. The van der Waals surface area contributed by atoms with Gasteiger partial charge in [0.1, 0.15) is 17.5 Å². The Morgan fingerprint density at radius 3 is 2.50 bits per heavy atom. The summed E-state index contributed by atoms with van der Waals surface area (Å²) in [4.78, 5) is 11.2. The van der Waals surface area contributed by atoms with Crippen LogP contribution in [0.3, 0.4) is 0 Å². The first-order valence-corrected chi connectivity index (χ1v) is 7.44. The molecule has 1 aliphatic rings. The second-order valence-electron chi connectivity index (χ2n) is 6.58. The van der Waals surface area contributed by atoms with Crippen LogP contribution < -0.4 is 10.6 Å². The number of nitrogens with two attached hydrogens (primary N) is 1. The highest BCUT2D eigenvalue weighted by Gasteiger charge is 2.26. The van der Waals surface area contributed by atoms with Crippen LogP contribution in [-0.4, -0.2) is 34.3 Å². The predicted molar refractivity (Wildman–Crippen MR) is 81.8 cm³/mol. The van der Waals surface area contributed by atoms with E-state index in [1.165, 1.54) is 12.8 Å². The molecule has 0 spiro atoms. The summed E-state index contributed by atoms with van der Waals surface area (Å²) in [6.45, 7) is 6.97. The molecule has 5 nitrogen and oxygen atoms in total. The van der Waals surface area contributed by atoms with Gasteiger partial charge < -0.3 is 15.7 Å². The summed E-state index contributed by atoms with van der Waals surface area (Å²) < 4.78 is 0. The molecule has 0 aromatic carbocycles. The third-order valence-corrected chi connectivity index (χ3v) is 3.80. The maximum absolute atomic E-state index is 9.34. The molecule has 0 bridgehead atoms. The van der Waals surface area contributed by atoms with Gasteiger partial charge in [0.15, 0.2) is 0 Å². The smallest absolute Gasteiger partial charge is 0.138 e. The maximum Gasteiger partial charge on any atom is 0.138 e. The molecule has 1 fully saturated rings. The minimum atomic E-state index is -0.134. The zero-order valence-corrected chi connectivity index (χ0v) is 12.8. The third kappa shape index (κ3) is 3.39. The topological polar surface area (TPSA) is 75.3 Å².